The molecule has 0 N–H and O–H groups in total. The van der Waals surface area contributed by atoms with Gasteiger partial charge in [0, 0.05) is 4.88 Å². The quantitative estimate of drug-likeness (QED) is 0.833. The number of nitrogens with zero attached hydrogens (tertiary/aromatic N) is 1. The predicted molar refractivity (Wildman–Crippen MR) is 79.8 cm³/mol. The van der Waals surface area contributed by atoms with Gasteiger partial charge in [-0.05, 0) is 40.2 Å². The molecule has 0 radical (unpaired) electrons. The topological polar surface area (TPSA) is 29.5 Å². The average molecular weight is 338 g/mol. The van der Waals surface area contributed by atoms with E-state index in [0.717, 1.165) is 20.1 Å². The molecule has 98 valence electrons. The van der Waals surface area contributed by atoms with E-state index in [1.807, 2.05) is 36.4 Å². The van der Waals surface area contributed by atoms with Gasteiger partial charge in [-0.3, -0.25) is 4.79 Å². The zero-order valence-corrected chi connectivity index (χ0v) is 12.5. The van der Waals surface area contributed by atoms with Crippen molar-refractivity contribution in [2.45, 2.75) is 13.0 Å². The second kappa shape index (κ2) is 5.35. The van der Waals surface area contributed by atoms with Crippen LogP contribution >= 0.6 is 27.3 Å². The van der Waals surface area contributed by atoms with Crippen LogP contribution < -0.4 is 9.64 Å². The average Bonchev–Trinajstić information content (AvgIpc) is 2.75. The Morgan fingerprint density at radius 3 is 2.89 bits per heavy atom. The standard InChI is InChI=1S/C14H12BrNO2S/c15-13-6-5-10(19-13)9-16-11-3-1-2-4-12(11)18-8-7-14(16)17/h1-6H,7-9H2. The zero-order valence-electron chi connectivity index (χ0n) is 10.1. The Morgan fingerprint density at radius 1 is 1.26 bits per heavy atom. The number of para-hydroxylation sites is 2. The number of hydrogen-bond donors (Lipinski definition) is 0. The summed E-state index contributed by atoms with van der Waals surface area (Å²) >= 11 is 5.10. The molecule has 5 heteroatoms. The predicted octanol–water partition coefficient (Wildman–Crippen LogP) is 3.83. The van der Waals surface area contributed by atoms with Crippen molar-refractivity contribution in [1.82, 2.24) is 0 Å². The minimum absolute atomic E-state index is 0.106. The van der Waals surface area contributed by atoms with E-state index in [1.165, 1.54) is 0 Å². The number of benzene rings is 1. The van der Waals surface area contributed by atoms with Crippen LogP contribution in [0, 0.1) is 0 Å². The van der Waals surface area contributed by atoms with E-state index in [9.17, 15) is 4.79 Å². The molecule has 0 unspecified atom stereocenters. The van der Waals surface area contributed by atoms with Gasteiger partial charge in [0.15, 0.2) is 0 Å². The Bertz CT molecular complexity index is 611. The fraction of sp³-hybridized carbons (Fsp3) is 0.214. The summed E-state index contributed by atoms with van der Waals surface area (Å²) in [6.07, 6.45) is 0.418. The molecule has 0 saturated heterocycles. The first kappa shape index (κ1) is 12.7. The fourth-order valence-electron chi connectivity index (χ4n) is 2.09. The Kier molecular flexibility index (Phi) is 3.57. The number of rotatable bonds is 2. The molecule has 1 amide bonds. The highest BCUT2D eigenvalue weighted by atomic mass is 79.9. The van der Waals surface area contributed by atoms with E-state index in [4.69, 9.17) is 4.74 Å². The number of carbonyl (C=O) groups is 1. The summed E-state index contributed by atoms with van der Waals surface area (Å²) in [5.41, 5.74) is 0.856. The van der Waals surface area contributed by atoms with Crippen molar-refractivity contribution in [2.24, 2.45) is 0 Å². The van der Waals surface area contributed by atoms with Crippen LogP contribution in [0.1, 0.15) is 11.3 Å². The van der Waals surface area contributed by atoms with Gasteiger partial charge < -0.3 is 9.64 Å². The summed E-state index contributed by atoms with van der Waals surface area (Å²) in [4.78, 5) is 15.2. The van der Waals surface area contributed by atoms with Gasteiger partial charge >= 0.3 is 0 Å². The molecule has 19 heavy (non-hydrogen) atoms. The third kappa shape index (κ3) is 2.67. The Hall–Kier alpha value is -1.33. The fourth-order valence-corrected chi connectivity index (χ4v) is 3.56. The molecule has 1 aromatic carbocycles. The van der Waals surface area contributed by atoms with Crippen LogP contribution in [0.5, 0.6) is 5.75 Å². The van der Waals surface area contributed by atoms with Gasteiger partial charge in [-0.1, -0.05) is 12.1 Å². The van der Waals surface area contributed by atoms with Crippen LogP contribution in [-0.2, 0) is 11.3 Å². The van der Waals surface area contributed by atoms with Gasteiger partial charge in [0.05, 0.1) is 29.0 Å². The maximum atomic E-state index is 12.2. The summed E-state index contributed by atoms with van der Waals surface area (Å²) < 4.78 is 6.70. The molecule has 2 aromatic rings. The lowest BCUT2D eigenvalue weighted by Crippen LogP contribution is -2.29. The van der Waals surface area contributed by atoms with Crippen LogP contribution in [0.2, 0.25) is 0 Å². The van der Waals surface area contributed by atoms with E-state index in [0.29, 0.717) is 19.6 Å². The molecule has 0 aliphatic carbocycles. The second-order valence-corrected chi connectivity index (χ2v) is 6.80. The minimum Gasteiger partial charge on any atom is -0.491 e. The Labute approximate surface area is 123 Å². The number of thiophene rings is 1. The lowest BCUT2D eigenvalue weighted by molar-refractivity contribution is -0.118. The molecule has 2 heterocycles. The summed E-state index contributed by atoms with van der Waals surface area (Å²) in [6.45, 7) is 1.04. The van der Waals surface area contributed by atoms with E-state index in [-0.39, 0.29) is 5.91 Å². The minimum atomic E-state index is 0.106. The van der Waals surface area contributed by atoms with Crippen LogP contribution in [0.4, 0.5) is 5.69 Å². The molecule has 3 nitrogen and oxygen atoms in total. The summed E-state index contributed by atoms with van der Waals surface area (Å²) in [6, 6.07) is 11.7. The molecule has 1 aromatic heterocycles. The molecular formula is C14H12BrNO2S. The van der Waals surface area contributed by atoms with Gasteiger partial charge in [0.1, 0.15) is 5.75 Å². The summed E-state index contributed by atoms with van der Waals surface area (Å²) in [7, 11) is 0. The molecule has 1 aliphatic rings. The first-order valence-corrected chi connectivity index (χ1v) is 7.61. The SMILES string of the molecule is O=C1CCOc2ccccc2N1Cc1ccc(Br)s1. The van der Waals surface area contributed by atoms with Gasteiger partial charge in [-0.15, -0.1) is 11.3 Å². The van der Waals surface area contributed by atoms with E-state index in [2.05, 4.69) is 15.9 Å². The van der Waals surface area contributed by atoms with Crippen molar-refractivity contribution in [1.29, 1.82) is 0 Å². The van der Waals surface area contributed by atoms with Crippen molar-refractivity contribution in [3.05, 3.63) is 45.1 Å². The molecule has 3 rings (SSSR count). The van der Waals surface area contributed by atoms with Crippen molar-refractivity contribution < 1.29 is 9.53 Å². The molecule has 0 spiro atoms. The number of carbonyl (C=O) groups excluding carboxylic acids is 1. The highest BCUT2D eigenvalue weighted by Crippen LogP contribution is 2.33. The van der Waals surface area contributed by atoms with Crippen molar-refractivity contribution in [2.75, 3.05) is 11.5 Å². The lowest BCUT2D eigenvalue weighted by atomic mass is 10.2. The number of hydrogen-bond acceptors (Lipinski definition) is 3. The second-order valence-electron chi connectivity index (χ2n) is 4.25. The van der Waals surface area contributed by atoms with Crippen LogP contribution in [0.3, 0.4) is 0 Å². The largest absolute Gasteiger partial charge is 0.491 e. The monoisotopic (exact) mass is 337 g/mol. The van der Waals surface area contributed by atoms with Gasteiger partial charge in [-0.25, -0.2) is 0 Å². The van der Waals surface area contributed by atoms with Crippen LogP contribution in [-0.4, -0.2) is 12.5 Å². The first-order chi connectivity index (χ1) is 9.24. The Morgan fingerprint density at radius 2 is 2.11 bits per heavy atom. The Balaban J connectivity index is 1.95. The maximum absolute atomic E-state index is 12.2. The lowest BCUT2D eigenvalue weighted by Gasteiger charge is -2.21. The number of amides is 1. The van der Waals surface area contributed by atoms with Crippen molar-refractivity contribution in [3.63, 3.8) is 0 Å². The van der Waals surface area contributed by atoms with Crippen molar-refractivity contribution in [3.8, 4) is 5.75 Å². The smallest absolute Gasteiger partial charge is 0.230 e. The molecule has 0 bridgehead atoms. The van der Waals surface area contributed by atoms with Crippen LogP contribution in [0.25, 0.3) is 0 Å². The highest BCUT2D eigenvalue weighted by Gasteiger charge is 2.23. The van der Waals surface area contributed by atoms with Gasteiger partial charge in [0.25, 0.3) is 0 Å². The molecule has 0 saturated carbocycles. The number of ether oxygens (including phenoxy) is 1. The van der Waals surface area contributed by atoms with E-state index >= 15 is 0 Å². The highest BCUT2D eigenvalue weighted by molar-refractivity contribution is 9.11. The third-order valence-electron chi connectivity index (χ3n) is 2.97. The molecule has 1 aliphatic heterocycles. The molecular weight excluding hydrogens is 326 g/mol. The third-order valence-corrected chi connectivity index (χ3v) is 4.58. The van der Waals surface area contributed by atoms with Gasteiger partial charge in [0.2, 0.25) is 5.91 Å². The summed E-state index contributed by atoms with van der Waals surface area (Å²) in [5.74, 6) is 0.887. The van der Waals surface area contributed by atoms with Gasteiger partial charge in [-0.2, -0.15) is 0 Å². The van der Waals surface area contributed by atoms with Crippen LogP contribution in [0.15, 0.2) is 40.2 Å². The first-order valence-electron chi connectivity index (χ1n) is 6.00. The van der Waals surface area contributed by atoms with Crippen molar-refractivity contribution >= 4 is 38.9 Å². The van der Waals surface area contributed by atoms with E-state index < -0.39 is 0 Å². The zero-order chi connectivity index (χ0) is 13.2. The number of anilines is 1. The number of halogens is 1. The maximum Gasteiger partial charge on any atom is 0.230 e. The van der Waals surface area contributed by atoms with E-state index in [1.54, 1.807) is 16.2 Å². The normalized spacial score (nSPS) is 14.8. The molecule has 0 atom stereocenters. The number of fused-ring (bicyclic) bond motifs is 1. The molecule has 0 fully saturated rings. The summed E-state index contributed by atoms with van der Waals surface area (Å²) in [5, 5.41) is 0.